The van der Waals surface area contributed by atoms with E-state index in [1.54, 1.807) is 7.11 Å². The number of carbonyl (C=O) groups is 1. The monoisotopic (exact) mass is 294 g/mol. The van der Waals surface area contributed by atoms with Crippen molar-refractivity contribution in [3.05, 3.63) is 18.2 Å². The van der Waals surface area contributed by atoms with Crippen LogP contribution < -0.4 is 4.74 Å². The molecule has 1 heterocycles. The summed E-state index contributed by atoms with van der Waals surface area (Å²) in [7, 11) is 1.63. The van der Waals surface area contributed by atoms with E-state index in [9.17, 15) is 4.79 Å². The lowest BCUT2D eigenvalue weighted by atomic mass is 10.3. The van der Waals surface area contributed by atoms with Gasteiger partial charge in [0.25, 0.3) is 0 Å². The fraction of sp³-hybridized carbons (Fsp3) is 0.429. The molecule has 1 aromatic heterocycles. The maximum absolute atomic E-state index is 10.7. The number of aromatic nitrogens is 2. The molecule has 0 saturated carbocycles. The summed E-state index contributed by atoms with van der Waals surface area (Å²) in [5.41, 5.74) is 1.86. The Morgan fingerprint density at radius 1 is 1.50 bits per heavy atom. The molecule has 0 amide bonds. The van der Waals surface area contributed by atoms with Crippen molar-refractivity contribution in [2.45, 2.75) is 31.5 Å². The SMILES string of the molecule is CCCCn1c(SCC(=O)O)nc2ccc(OC)cc21. The first-order valence-electron chi connectivity index (χ1n) is 6.54. The molecule has 0 fully saturated rings. The molecule has 0 atom stereocenters. The van der Waals surface area contributed by atoms with E-state index >= 15 is 0 Å². The van der Waals surface area contributed by atoms with E-state index in [1.807, 2.05) is 18.2 Å². The Balaban J connectivity index is 2.40. The molecule has 0 aliphatic heterocycles. The largest absolute Gasteiger partial charge is 0.497 e. The molecule has 6 heteroatoms. The molecule has 0 bridgehead atoms. The number of thioether (sulfide) groups is 1. The van der Waals surface area contributed by atoms with Gasteiger partial charge in [0, 0.05) is 12.6 Å². The smallest absolute Gasteiger partial charge is 0.313 e. The van der Waals surface area contributed by atoms with Gasteiger partial charge in [0.05, 0.1) is 23.9 Å². The van der Waals surface area contributed by atoms with Gasteiger partial charge < -0.3 is 14.4 Å². The Kier molecular flexibility index (Phi) is 4.89. The van der Waals surface area contributed by atoms with Crippen LogP contribution in [0, 0.1) is 0 Å². The molecule has 0 radical (unpaired) electrons. The zero-order valence-electron chi connectivity index (χ0n) is 11.6. The highest BCUT2D eigenvalue weighted by molar-refractivity contribution is 7.99. The van der Waals surface area contributed by atoms with Crippen LogP contribution >= 0.6 is 11.8 Å². The maximum atomic E-state index is 10.7. The lowest BCUT2D eigenvalue weighted by Crippen LogP contribution is -2.03. The number of fused-ring (bicyclic) bond motifs is 1. The molecule has 5 nitrogen and oxygen atoms in total. The summed E-state index contributed by atoms with van der Waals surface area (Å²) in [6.07, 6.45) is 2.11. The quantitative estimate of drug-likeness (QED) is 0.795. The van der Waals surface area contributed by atoms with Crippen molar-refractivity contribution < 1.29 is 14.6 Å². The van der Waals surface area contributed by atoms with Crippen LogP contribution in [-0.4, -0.2) is 33.5 Å². The van der Waals surface area contributed by atoms with Crippen molar-refractivity contribution >= 4 is 28.8 Å². The number of aryl methyl sites for hydroxylation is 1. The van der Waals surface area contributed by atoms with E-state index in [0.29, 0.717) is 0 Å². The van der Waals surface area contributed by atoms with E-state index < -0.39 is 5.97 Å². The summed E-state index contributed by atoms with van der Waals surface area (Å²) in [6, 6.07) is 5.72. The van der Waals surface area contributed by atoms with Crippen LogP contribution in [0.3, 0.4) is 0 Å². The Labute approximate surface area is 121 Å². The predicted octanol–water partition coefficient (Wildman–Crippen LogP) is 3.02. The van der Waals surface area contributed by atoms with Gasteiger partial charge in [-0.25, -0.2) is 4.98 Å². The molecule has 2 rings (SSSR count). The molecule has 0 spiro atoms. The number of methoxy groups -OCH3 is 1. The minimum atomic E-state index is -0.832. The van der Waals surface area contributed by atoms with E-state index in [-0.39, 0.29) is 5.75 Å². The van der Waals surface area contributed by atoms with Gasteiger partial charge in [0.2, 0.25) is 0 Å². The first-order valence-corrected chi connectivity index (χ1v) is 7.53. The van der Waals surface area contributed by atoms with E-state index in [2.05, 4.69) is 16.5 Å². The van der Waals surface area contributed by atoms with E-state index in [4.69, 9.17) is 9.84 Å². The second-order valence-corrected chi connectivity index (χ2v) is 5.38. The number of hydrogen-bond donors (Lipinski definition) is 1. The Hall–Kier alpha value is -1.69. The zero-order chi connectivity index (χ0) is 14.5. The molecule has 0 aliphatic carbocycles. The Morgan fingerprint density at radius 2 is 2.30 bits per heavy atom. The third kappa shape index (κ3) is 3.25. The third-order valence-corrected chi connectivity index (χ3v) is 3.94. The molecule has 0 unspecified atom stereocenters. The van der Waals surface area contributed by atoms with Crippen molar-refractivity contribution in [1.29, 1.82) is 0 Å². The van der Waals surface area contributed by atoms with Gasteiger partial charge >= 0.3 is 5.97 Å². The molecular formula is C14H18N2O3S. The van der Waals surface area contributed by atoms with Crippen molar-refractivity contribution in [2.75, 3.05) is 12.9 Å². The summed E-state index contributed by atoms with van der Waals surface area (Å²) in [4.78, 5) is 15.3. The molecular weight excluding hydrogens is 276 g/mol. The minimum Gasteiger partial charge on any atom is -0.497 e. The highest BCUT2D eigenvalue weighted by atomic mass is 32.2. The number of ether oxygens (including phenoxy) is 1. The number of aliphatic carboxylic acids is 1. The van der Waals surface area contributed by atoms with Crippen molar-refractivity contribution in [2.24, 2.45) is 0 Å². The van der Waals surface area contributed by atoms with Gasteiger partial charge in [0.1, 0.15) is 5.75 Å². The van der Waals surface area contributed by atoms with E-state index in [0.717, 1.165) is 41.3 Å². The molecule has 20 heavy (non-hydrogen) atoms. The first-order chi connectivity index (χ1) is 9.65. The summed E-state index contributed by atoms with van der Waals surface area (Å²) >= 11 is 1.26. The summed E-state index contributed by atoms with van der Waals surface area (Å²) < 4.78 is 7.33. The van der Waals surface area contributed by atoms with Crippen LogP contribution in [0.5, 0.6) is 5.75 Å². The summed E-state index contributed by atoms with van der Waals surface area (Å²) in [5, 5.41) is 9.57. The lowest BCUT2D eigenvalue weighted by molar-refractivity contribution is -0.133. The number of rotatable bonds is 7. The number of unbranched alkanes of at least 4 members (excludes halogenated alkanes) is 1. The zero-order valence-corrected chi connectivity index (χ0v) is 12.4. The average Bonchev–Trinajstić information content (AvgIpc) is 2.79. The van der Waals surface area contributed by atoms with Crippen LogP contribution in [0.4, 0.5) is 0 Å². The van der Waals surface area contributed by atoms with Gasteiger partial charge in [-0.2, -0.15) is 0 Å². The highest BCUT2D eigenvalue weighted by Crippen LogP contribution is 2.27. The second kappa shape index (κ2) is 6.65. The fourth-order valence-corrected chi connectivity index (χ4v) is 2.74. The van der Waals surface area contributed by atoms with Crippen LogP contribution in [0.15, 0.2) is 23.4 Å². The second-order valence-electron chi connectivity index (χ2n) is 4.44. The van der Waals surface area contributed by atoms with Crippen molar-refractivity contribution in [3.63, 3.8) is 0 Å². The lowest BCUT2D eigenvalue weighted by Gasteiger charge is -2.08. The third-order valence-electron chi connectivity index (χ3n) is 2.98. The van der Waals surface area contributed by atoms with Gasteiger partial charge in [-0.3, -0.25) is 4.79 Å². The predicted molar refractivity (Wildman–Crippen MR) is 79.6 cm³/mol. The minimum absolute atomic E-state index is 0.0204. The number of nitrogens with zero attached hydrogens (tertiary/aromatic N) is 2. The standard InChI is InChI=1S/C14H18N2O3S/c1-3-4-7-16-12-8-10(19-2)5-6-11(12)15-14(16)20-9-13(17)18/h5-6,8H,3-4,7,9H2,1-2H3,(H,17,18). The van der Waals surface area contributed by atoms with Gasteiger partial charge in [-0.1, -0.05) is 25.1 Å². The number of benzene rings is 1. The van der Waals surface area contributed by atoms with Gasteiger partial charge in [0.15, 0.2) is 5.16 Å². The number of carboxylic acid groups (broad SMARTS) is 1. The average molecular weight is 294 g/mol. The molecule has 2 aromatic rings. The van der Waals surface area contributed by atoms with Crippen LogP contribution in [0.1, 0.15) is 19.8 Å². The maximum Gasteiger partial charge on any atom is 0.313 e. The topological polar surface area (TPSA) is 64.4 Å². The van der Waals surface area contributed by atoms with Gasteiger partial charge in [-0.15, -0.1) is 0 Å². The highest BCUT2D eigenvalue weighted by Gasteiger charge is 2.13. The Morgan fingerprint density at radius 3 is 2.95 bits per heavy atom. The van der Waals surface area contributed by atoms with Crippen molar-refractivity contribution in [3.8, 4) is 5.75 Å². The molecule has 0 aliphatic rings. The summed E-state index contributed by atoms with van der Waals surface area (Å²) in [5.74, 6) is -0.0290. The molecule has 1 aromatic carbocycles. The number of hydrogen-bond acceptors (Lipinski definition) is 4. The normalized spacial score (nSPS) is 10.9. The first kappa shape index (κ1) is 14.7. The summed E-state index contributed by atoms with van der Waals surface area (Å²) in [6.45, 7) is 2.96. The van der Waals surface area contributed by atoms with Crippen LogP contribution in [0.25, 0.3) is 11.0 Å². The molecule has 0 saturated heterocycles. The van der Waals surface area contributed by atoms with Crippen molar-refractivity contribution in [1.82, 2.24) is 9.55 Å². The van der Waals surface area contributed by atoms with Crippen LogP contribution in [-0.2, 0) is 11.3 Å². The van der Waals surface area contributed by atoms with E-state index in [1.165, 1.54) is 11.8 Å². The fourth-order valence-electron chi connectivity index (χ4n) is 1.98. The molecule has 108 valence electrons. The molecule has 1 N–H and O–H groups in total. The van der Waals surface area contributed by atoms with Gasteiger partial charge in [-0.05, 0) is 18.6 Å². The number of imidazole rings is 1. The number of carboxylic acids is 1. The Bertz CT molecular complexity index is 610. The van der Waals surface area contributed by atoms with Crippen LogP contribution in [0.2, 0.25) is 0 Å².